The molecule has 2 heterocycles. The number of rotatable bonds is 6. The van der Waals surface area contributed by atoms with Crippen LogP contribution in [0.4, 0.5) is 0 Å². The van der Waals surface area contributed by atoms with E-state index >= 15 is 0 Å². The summed E-state index contributed by atoms with van der Waals surface area (Å²) in [7, 11) is 0. The van der Waals surface area contributed by atoms with Crippen molar-refractivity contribution in [3.05, 3.63) is 17.0 Å². The highest BCUT2D eigenvalue weighted by Gasteiger charge is 2.51. The van der Waals surface area contributed by atoms with Gasteiger partial charge in [-0.3, -0.25) is 19.0 Å². The standard InChI is InChI=1S/C18H24N2O7S2/c1-6-12-14(24-9(2)21)15(25-10(3)22)16(26-11(4)23)17(27-12)20-8-7-13(29-5)19-18(20)28/h7-8,12,14-17H,6H2,1-5H3/t12?,14-,15-,16?,17+/m1/s1. The number of nitrogens with zero attached hydrogens (tertiary/aromatic N) is 2. The van der Waals surface area contributed by atoms with E-state index in [1.165, 1.54) is 37.1 Å². The Hall–Kier alpha value is -1.98. The van der Waals surface area contributed by atoms with E-state index in [2.05, 4.69) is 4.98 Å². The molecule has 1 aliphatic heterocycles. The van der Waals surface area contributed by atoms with Crippen LogP contribution in [0.2, 0.25) is 0 Å². The fourth-order valence-corrected chi connectivity index (χ4v) is 3.82. The third-order valence-corrected chi connectivity index (χ3v) is 5.15. The van der Waals surface area contributed by atoms with Gasteiger partial charge in [-0.05, 0) is 31.0 Å². The second-order valence-corrected chi connectivity index (χ2v) is 7.55. The predicted octanol–water partition coefficient (Wildman–Crippen LogP) is 2.44. The average molecular weight is 445 g/mol. The lowest BCUT2D eigenvalue weighted by Gasteiger charge is -2.45. The zero-order chi connectivity index (χ0) is 21.7. The van der Waals surface area contributed by atoms with E-state index in [4.69, 9.17) is 31.2 Å². The SMILES string of the molecule is CCC1O[C@H](n2ccc(SC)nc2=S)C(OC(C)=O)[C@H](OC(C)=O)[C@@H]1OC(C)=O. The monoisotopic (exact) mass is 444 g/mol. The van der Waals surface area contributed by atoms with Crippen LogP contribution in [0.25, 0.3) is 0 Å². The van der Waals surface area contributed by atoms with Crippen molar-refractivity contribution in [3.8, 4) is 0 Å². The molecule has 9 nitrogen and oxygen atoms in total. The molecule has 1 aromatic heterocycles. The van der Waals surface area contributed by atoms with Crippen LogP contribution in [-0.2, 0) is 33.3 Å². The molecule has 2 unspecified atom stereocenters. The minimum absolute atomic E-state index is 0.210. The van der Waals surface area contributed by atoms with Crippen LogP contribution in [0.5, 0.6) is 0 Å². The summed E-state index contributed by atoms with van der Waals surface area (Å²) in [6.45, 7) is 5.53. The lowest BCUT2D eigenvalue weighted by atomic mass is 9.95. The summed E-state index contributed by atoms with van der Waals surface area (Å²) in [5.41, 5.74) is 0. The van der Waals surface area contributed by atoms with Crippen molar-refractivity contribution in [1.82, 2.24) is 9.55 Å². The van der Waals surface area contributed by atoms with E-state index in [0.717, 1.165) is 0 Å². The van der Waals surface area contributed by atoms with Crippen LogP contribution < -0.4 is 0 Å². The van der Waals surface area contributed by atoms with E-state index in [0.29, 0.717) is 11.4 Å². The average Bonchev–Trinajstić information content (AvgIpc) is 2.63. The molecule has 0 spiro atoms. The van der Waals surface area contributed by atoms with E-state index in [1.807, 2.05) is 13.2 Å². The van der Waals surface area contributed by atoms with Gasteiger partial charge < -0.3 is 18.9 Å². The molecule has 0 amide bonds. The number of thioether (sulfide) groups is 1. The quantitative estimate of drug-likeness (QED) is 0.213. The van der Waals surface area contributed by atoms with Crippen molar-refractivity contribution in [2.75, 3.05) is 6.26 Å². The largest absolute Gasteiger partial charge is 0.456 e. The second-order valence-electron chi connectivity index (χ2n) is 6.36. The second kappa shape index (κ2) is 10.2. The molecule has 0 N–H and O–H groups in total. The van der Waals surface area contributed by atoms with E-state index in [-0.39, 0.29) is 4.77 Å². The van der Waals surface area contributed by atoms with Gasteiger partial charge in [0.25, 0.3) is 0 Å². The third kappa shape index (κ3) is 5.77. The molecular weight excluding hydrogens is 420 g/mol. The molecule has 1 fully saturated rings. The van der Waals surface area contributed by atoms with Crippen LogP contribution in [0.15, 0.2) is 17.3 Å². The van der Waals surface area contributed by atoms with E-state index in [1.54, 1.807) is 12.3 Å². The first kappa shape index (κ1) is 23.3. The number of hydrogen-bond acceptors (Lipinski definition) is 10. The van der Waals surface area contributed by atoms with Gasteiger partial charge in [-0.25, -0.2) is 4.98 Å². The molecule has 0 saturated carbocycles. The molecule has 1 aromatic rings. The maximum absolute atomic E-state index is 11.8. The smallest absolute Gasteiger partial charge is 0.303 e. The molecule has 0 bridgehead atoms. The van der Waals surface area contributed by atoms with Crippen molar-refractivity contribution >= 4 is 41.9 Å². The van der Waals surface area contributed by atoms with Gasteiger partial charge in [0, 0.05) is 27.0 Å². The molecular formula is C18H24N2O7S2. The van der Waals surface area contributed by atoms with Crippen LogP contribution in [-0.4, -0.2) is 58.1 Å². The van der Waals surface area contributed by atoms with Gasteiger partial charge in [-0.2, -0.15) is 0 Å². The fourth-order valence-electron chi connectivity index (χ4n) is 3.13. The Balaban J connectivity index is 2.56. The Labute approximate surface area is 178 Å². The van der Waals surface area contributed by atoms with Crippen molar-refractivity contribution < 1.29 is 33.3 Å². The lowest BCUT2D eigenvalue weighted by Crippen LogP contribution is -2.59. The molecule has 160 valence electrons. The molecule has 0 aromatic carbocycles. The molecule has 5 atom stereocenters. The van der Waals surface area contributed by atoms with Crippen molar-refractivity contribution in [3.63, 3.8) is 0 Å². The van der Waals surface area contributed by atoms with Gasteiger partial charge in [0.2, 0.25) is 4.77 Å². The Bertz CT molecular complexity index is 829. The van der Waals surface area contributed by atoms with Gasteiger partial charge in [0.1, 0.15) is 11.1 Å². The first-order valence-electron chi connectivity index (χ1n) is 8.98. The summed E-state index contributed by atoms with van der Waals surface area (Å²) in [6.07, 6.45) is -0.682. The van der Waals surface area contributed by atoms with E-state index < -0.39 is 48.6 Å². The van der Waals surface area contributed by atoms with Crippen LogP contribution in [0.1, 0.15) is 40.3 Å². The number of carbonyl (C=O) groups is 3. The Morgan fingerprint density at radius 3 is 2.14 bits per heavy atom. The summed E-state index contributed by atoms with van der Waals surface area (Å²) in [5, 5.41) is 0.715. The van der Waals surface area contributed by atoms with E-state index in [9.17, 15) is 14.4 Å². The van der Waals surface area contributed by atoms with Gasteiger partial charge >= 0.3 is 17.9 Å². The molecule has 29 heavy (non-hydrogen) atoms. The van der Waals surface area contributed by atoms with Crippen LogP contribution in [0.3, 0.4) is 0 Å². The summed E-state index contributed by atoms with van der Waals surface area (Å²) in [5.74, 6) is -1.80. The zero-order valence-electron chi connectivity index (χ0n) is 16.8. The summed E-state index contributed by atoms with van der Waals surface area (Å²) in [6, 6.07) is 1.74. The normalized spacial score (nSPS) is 26.4. The number of ether oxygens (including phenoxy) is 4. The molecule has 1 aliphatic rings. The van der Waals surface area contributed by atoms with Gasteiger partial charge in [0.15, 0.2) is 24.5 Å². The van der Waals surface area contributed by atoms with Gasteiger partial charge in [-0.15, -0.1) is 11.8 Å². The molecule has 2 rings (SSSR count). The lowest BCUT2D eigenvalue weighted by molar-refractivity contribution is -0.263. The maximum atomic E-state index is 11.8. The highest BCUT2D eigenvalue weighted by atomic mass is 32.2. The molecule has 11 heteroatoms. The highest BCUT2D eigenvalue weighted by Crippen LogP contribution is 2.35. The minimum atomic E-state index is -1.10. The number of hydrogen-bond donors (Lipinski definition) is 0. The topological polar surface area (TPSA) is 106 Å². The number of aromatic nitrogens is 2. The summed E-state index contributed by atoms with van der Waals surface area (Å²) >= 11 is 6.81. The highest BCUT2D eigenvalue weighted by molar-refractivity contribution is 7.98. The fraction of sp³-hybridized carbons (Fsp3) is 0.611. The van der Waals surface area contributed by atoms with Crippen LogP contribution >= 0.6 is 24.0 Å². The minimum Gasteiger partial charge on any atom is -0.456 e. The predicted molar refractivity (Wildman–Crippen MR) is 106 cm³/mol. The van der Waals surface area contributed by atoms with Gasteiger partial charge in [0.05, 0.1) is 0 Å². The zero-order valence-corrected chi connectivity index (χ0v) is 18.5. The van der Waals surface area contributed by atoms with Crippen molar-refractivity contribution in [1.29, 1.82) is 0 Å². The third-order valence-electron chi connectivity index (χ3n) is 4.21. The maximum Gasteiger partial charge on any atom is 0.303 e. The van der Waals surface area contributed by atoms with Crippen molar-refractivity contribution in [2.24, 2.45) is 0 Å². The number of carbonyl (C=O) groups excluding carboxylic acids is 3. The Morgan fingerprint density at radius 2 is 1.66 bits per heavy atom. The Kier molecular flexibility index (Phi) is 8.17. The first-order valence-corrected chi connectivity index (χ1v) is 10.6. The first-order chi connectivity index (χ1) is 13.7. The van der Waals surface area contributed by atoms with Crippen LogP contribution in [0, 0.1) is 4.77 Å². The van der Waals surface area contributed by atoms with Crippen molar-refractivity contribution in [2.45, 2.75) is 69.8 Å². The Morgan fingerprint density at radius 1 is 1.10 bits per heavy atom. The van der Waals surface area contributed by atoms with Gasteiger partial charge in [-0.1, -0.05) is 6.92 Å². The summed E-state index contributed by atoms with van der Waals surface area (Å²) < 4.78 is 24.1. The molecule has 0 aliphatic carbocycles. The molecule has 0 radical (unpaired) electrons. The number of esters is 3. The summed E-state index contributed by atoms with van der Waals surface area (Å²) in [4.78, 5) is 39.5. The molecule has 1 saturated heterocycles.